The Kier molecular flexibility index (Phi) is 1.59. The SMILES string of the molecule is Cc1ccnc(N2CC3(COC3)C2)c1. The van der Waals surface area contributed by atoms with Gasteiger partial charge in [-0.2, -0.15) is 0 Å². The Morgan fingerprint density at radius 1 is 1.43 bits per heavy atom. The van der Waals surface area contributed by atoms with E-state index in [9.17, 15) is 0 Å². The maximum atomic E-state index is 5.24. The Hall–Kier alpha value is -1.09. The zero-order chi connectivity index (χ0) is 9.60. The number of hydrogen-bond donors (Lipinski definition) is 0. The van der Waals surface area contributed by atoms with Crippen LogP contribution < -0.4 is 4.90 Å². The van der Waals surface area contributed by atoms with Gasteiger partial charge < -0.3 is 9.64 Å². The Morgan fingerprint density at radius 3 is 2.79 bits per heavy atom. The molecule has 0 N–H and O–H groups in total. The van der Waals surface area contributed by atoms with Gasteiger partial charge in [-0.05, 0) is 24.6 Å². The summed E-state index contributed by atoms with van der Waals surface area (Å²) >= 11 is 0. The molecular weight excluding hydrogens is 176 g/mol. The summed E-state index contributed by atoms with van der Waals surface area (Å²) < 4.78 is 5.24. The summed E-state index contributed by atoms with van der Waals surface area (Å²) in [5.41, 5.74) is 1.76. The molecule has 0 unspecified atom stereocenters. The molecule has 0 atom stereocenters. The number of anilines is 1. The highest BCUT2D eigenvalue weighted by Crippen LogP contribution is 2.39. The van der Waals surface area contributed by atoms with Gasteiger partial charge in [-0.1, -0.05) is 0 Å². The molecule has 0 aromatic carbocycles. The first-order chi connectivity index (χ1) is 6.77. The molecule has 0 bridgehead atoms. The minimum atomic E-state index is 0.478. The lowest BCUT2D eigenvalue weighted by Gasteiger charge is -2.55. The molecule has 74 valence electrons. The normalized spacial score (nSPS) is 23.1. The molecule has 3 heteroatoms. The highest BCUT2D eigenvalue weighted by Gasteiger charge is 2.49. The van der Waals surface area contributed by atoms with Crippen molar-refractivity contribution in [1.82, 2.24) is 4.98 Å². The lowest BCUT2D eigenvalue weighted by atomic mass is 9.78. The first kappa shape index (κ1) is 8.24. The second kappa shape index (κ2) is 2.70. The molecule has 0 radical (unpaired) electrons. The first-order valence-corrected chi connectivity index (χ1v) is 5.03. The van der Waals surface area contributed by atoms with E-state index in [2.05, 4.69) is 22.9 Å². The zero-order valence-corrected chi connectivity index (χ0v) is 8.36. The van der Waals surface area contributed by atoms with Crippen LogP contribution in [-0.4, -0.2) is 31.3 Å². The van der Waals surface area contributed by atoms with Crippen LogP contribution in [-0.2, 0) is 4.74 Å². The molecule has 3 nitrogen and oxygen atoms in total. The van der Waals surface area contributed by atoms with Crippen LogP contribution in [0.25, 0.3) is 0 Å². The van der Waals surface area contributed by atoms with Crippen LogP contribution in [0.15, 0.2) is 18.3 Å². The summed E-state index contributed by atoms with van der Waals surface area (Å²) in [7, 11) is 0. The third-order valence-corrected chi connectivity index (χ3v) is 3.09. The van der Waals surface area contributed by atoms with Gasteiger partial charge in [-0.3, -0.25) is 0 Å². The second-order valence-electron chi connectivity index (χ2n) is 4.54. The molecule has 1 spiro atoms. The molecule has 3 heterocycles. The maximum Gasteiger partial charge on any atom is 0.128 e. The summed E-state index contributed by atoms with van der Waals surface area (Å²) in [5, 5.41) is 0. The van der Waals surface area contributed by atoms with E-state index in [1.807, 2.05) is 12.3 Å². The van der Waals surface area contributed by atoms with Crippen molar-refractivity contribution in [2.45, 2.75) is 6.92 Å². The Morgan fingerprint density at radius 2 is 2.21 bits per heavy atom. The minimum absolute atomic E-state index is 0.478. The first-order valence-electron chi connectivity index (χ1n) is 5.03. The van der Waals surface area contributed by atoms with E-state index < -0.39 is 0 Å². The van der Waals surface area contributed by atoms with Crippen molar-refractivity contribution >= 4 is 5.82 Å². The van der Waals surface area contributed by atoms with Crippen molar-refractivity contribution < 1.29 is 4.74 Å². The van der Waals surface area contributed by atoms with E-state index in [0.29, 0.717) is 5.41 Å². The maximum absolute atomic E-state index is 5.24. The lowest BCUT2D eigenvalue weighted by molar-refractivity contribution is -0.127. The number of pyridine rings is 1. The van der Waals surface area contributed by atoms with Gasteiger partial charge >= 0.3 is 0 Å². The Labute approximate surface area is 83.7 Å². The minimum Gasteiger partial charge on any atom is -0.380 e. The van der Waals surface area contributed by atoms with Crippen LogP contribution in [0.4, 0.5) is 5.82 Å². The van der Waals surface area contributed by atoms with Crippen molar-refractivity contribution in [1.29, 1.82) is 0 Å². The monoisotopic (exact) mass is 190 g/mol. The fourth-order valence-electron chi connectivity index (χ4n) is 2.19. The van der Waals surface area contributed by atoms with Gasteiger partial charge in [0, 0.05) is 19.3 Å². The van der Waals surface area contributed by atoms with Gasteiger partial charge in [-0.25, -0.2) is 4.98 Å². The number of aromatic nitrogens is 1. The number of aryl methyl sites for hydroxylation is 1. The van der Waals surface area contributed by atoms with Gasteiger partial charge in [0.05, 0.1) is 18.6 Å². The predicted molar refractivity (Wildman–Crippen MR) is 54.4 cm³/mol. The zero-order valence-electron chi connectivity index (χ0n) is 8.36. The third kappa shape index (κ3) is 1.12. The highest BCUT2D eigenvalue weighted by atomic mass is 16.5. The second-order valence-corrected chi connectivity index (χ2v) is 4.54. The molecule has 0 saturated carbocycles. The van der Waals surface area contributed by atoms with Gasteiger partial charge in [0.25, 0.3) is 0 Å². The summed E-state index contributed by atoms with van der Waals surface area (Å²) in [6.07, 6.45) is 1.88. The fraction of sp³-hybridized carbons (Fsp3) is 0.545. The van der Waals surface area contributed by atoms with Crippen LogP contribution in [0.2, 0.25) is 0 Å². The molecule has 2 aliphatic rings. The molecule has 0 amide bonds. The van der Waals surface area contributed by atoms with Crippen LogP contribution in [0.1, 0.15) is 5.56 Å². The molecule has 1 aromatic heterocycles. The summed E-state index contributed by atoms with van der Waals surface area (Å²) in [5.74, 6) is 1.11. The third-order valence-electron chi connectivity index (χ3n) is 3.09. The number of ether oxygens (including phenoxy) is 1. The van der Waals surface area contributed by atoms with Crippen molar-refractivity contribution in [2.24, 2.45) is 5.41 Å². The standard InChI is InChI=1S/C11H14N2O/c1-9-2-3-12-10(4-9)13-5-11(6-13)7-14-8-11/h2-4H,5-8H2,1H3. The summed E-state index contributed by atoms with van der Waals surface area (Å²) in [4.78, 5) is 6.70. The van der Waals surface area contributed by atoms with Crippen molar-refractivity contribution in [3.63, 3.8) is 0 Å². The quantitative estimate of drug-likeness (QED) is 0.666. The van der Waals surface area contributed by atoms with Crippen LogP contribution in [0, 0.1) is 12.3 Å². The van der Waals surface area contributed by atoms with E-state index >= 15 is 0 Å². The summed E-state index contributed by atoms with van der Waals surface area (Å²) in [6.45, 7) is 6.21. The van der Waals surface area contributed by atoms with E-state index in [1.54, 1.807) is 0 Å². The average molecular weight is 190 g/mol. The Bertz CT molecular complexity index is 352. The topological polar surface area (TPSA) is 25.4 Å². The summed E-state index contributed by atoms with van der Waals surface area (Å²) in [6, 6.07) is 4.18. The van der Waals surface area contributed by atoms with E-state index in [-0.39, 0.29) is 0 Å². The molecule has 0 aliphatic carbocycles. The number of hydrogen-bond acceptors (Lipinski definition) is 3. The van der Waals surface area contributed by atoms with E-state index in [1.165, 1.54) is 5.56 Å². The highest BCUT2D eigenvalue weighted by molar-refractivity contribution is 5.45. The molecule has 14 heavy (non-hydrogen) atoms. The van der Waals surface area contributed by atoms with Crippen molar-refractivity contribution in [3.8, 4) is 0 Å². The molecule has 2 saturated heterocycles. The average Bonchev–Trinajstić information content (AvgIpc) is 1.98. The smallest absolute Gasteiger partial charge is 0.128 e. The van der Waals surface area contributed by atoms with Gasteiger partial charge in [0.2, 0.25) is 0 Å². The fourth-order valence-corrected chi connectivity index (χ4v) is 2.19. The molecule has 2 fully saturated rings. The number of nitrogens with zero attached hydrogens (tertiary/aromatic N) is 2. The molecule has 1 aromatic rings. The van der Waals surface area contributed by atoms with Gasteiger partial charge in [0.15, 0.2) is 0 Å². The van der Waals surface area contributed by atoms with Gasteiger partial charge in [0.1, 0.15) is 5.82 Å². The molecular formula is C11H14N2O. The lowest BCUT2D eigenvalue weighted by Crippen LogP contribution is -2.66. The van der Waals surface area contributed by atoms with Crippen molar-refractivity contribution in [2.75, 3.05) is 31.2 Å². The predicted octanol–water partition coefficient (Wildman–Crippen LogP) is 1.23. The molecule has 2 aliphatic heterocycles. The van der Waals surface area contributed by atoms with Gasteiger partial charge in [-0.15, -0.1) is 0 Å². The molecule has 3 rings (SSSR count). The van der Waals surface area contributed by atoms with Crippen LogP contribution >= 0.6 is 0 Å². The van der Waals surface area contributed by atoms with Crippen molar-refractivity contribution in [3.05, 3.63) is 23.9 Å². The Balaban J connectivity index is 1.73. The largest absolute Gasteiger partial charge is 0.380 e. The van der Waals surface area contributed by atoms with E-state index in [4.69, 9.17) is 4.74 Å². The van der Waals surface area contributed by atoms with Crippen LogP contribution in [0.5, 0.6) is 0 Å². The number of rotatable bonds is 1. The van der Waals surface area contributed by atoms with E-state index in [0.717, 1.165) is 32.1 Å². The van der Waals surface area contributed by atoms with Crippen LogP contribution in [0.3, 0.4) is 0 Å².